The second kappa shape index (κ2) is 8.03. The maximum atomic E-state index is 12.5. The fraction of sp³-hybridized carbons (Fsp3) is 0.368. The molecule has 27 heavy (non-hydrogen) atoms. The number of benzene rings is 1. The number of hydrogen-bond donors (Lipinski definition) is 0. The summed E-state index contributed by atoms with van der Waals surface area (Å²) in [7, 11) is 0. The van der Waals surface area contributed by atoms with Crippen molar-refractivity contribution in [3.63, 3.8) is 0 Å². The fourth-order valence-corrected chi connectivity index (χ4v) is 2.24. The van der Waals surface area contributed by atoms with Crippen LogP contribution in [0.3, 0.4) is 0 Å². The van der Waals surface area contributed by atoms with Crippen molar-refractivity contribution in [3.8, 4) is 0 Å². The molecule has 0 aliphatic heterocycles. The molecule has 0 spiro atoms. The van der Waals surface area contributed by atoms with E-state index in [1.54, 1.807) is 32.9 Å². The summed E-state index contributed by atoms with van der Waals surface area (Å²) in [6.45, 7) is 5.91. The van der Waals surface area contributed by atoms with Gasteiger partial charge in [0.25, 0.3) is 5.56 Å². The van der Waals surface area contributed by atoms with Crippen molar-refractivity contribution >= 4 is 12.1 Å². The standard InChI is InChI=1S/C19H22N2O6/c1-13-10-20(11-15(22)26-12-14-8-6-5-7-9-14)17(24)21(16(13)23)18(25)27-19(2,3)4/h5-10H,11-12H2,1-4H3. The first-order valence-corrected chi connectivity index (χ1v) is 8.34. The molecule has 2 aromatic rings. The zero-order chi connectivity index (χ0) is 20.2. The van der Waals surface area contributed by atoms with E-state index in [9.17, 15) is 19.2 Å². The van der Waals surface area contributed by atoms with E-state index in [4.69, 9.17) is 9.47 Å². The van der Waals surface area contributed by atoms with E-state index in [2.05, 4.69) is 0 Å². The van der Waals surface area contributed by atoms with E-state index in [0.717, 1.165) is 10.1 Å². The van der Waals surface area contributed by atoms with Gasteiger partial charge in [0.2, 0.25) is 0 Å². The summed E-state index contributed by atoms with van der Waals surface area (Å²) in [4.78, 5) is 49.0. The average molecular weight is 374 g/mol. The Labute approximate surface area is 156 Å². The van der Waals surface area contributed by atoms with Gasteiger partial charge in [-0.05, 0) is 33.3 Å². The molecule has 0 atom stereocenters. The molecule has 0 saturated carbocycles. The van der Waals surface area contributed by atoms with Gasteiger partial charge in [-0.3, -0.25) is 14.2 Å². The van der Waals surface area contributed by atoms with Crippen LogP contribution in [0.15, 0.2) is 46.1 Å². The van der Waals surface area contributed by atoms with Crippen LogP contribution in [-0.2, 0) is 27.4 Å². The van der Waals surface area contributed by atoms with E-state index >= 15 is 0 Å². The monoisotopic (exact) mass is 374 g/mol. The predicted octanol–water partition coefficient (Wildman–Crippen LogP) is 1.85. The van der Waals surface area contributed by atoms with Crippen LogP contribution in [0.25, 0.3) is 0 Å². The van der Waals surface area contributed by atoms with E-state index in [1.807, 2.05) is 18.2 Å². The highest BCUT2D eigenvalue weighted by Crippen LogP contribution is 2.07. The summed E-state index contributed by atoms with van der Waals surface area (Å²) < 4.78 is 11.6. The molecule has 2 rings (SSSR count). The van der Waals surface area contributed by atoms with Gasteiger partial charge in [0.1, 0.15) is 18.8 Å². The van der Waals surface area contributed by atoms with Gasteiger partial charge in [-0.1, -0.05) is 30.3 Å². The molecule has 1 aromatic carbocycles. The van der Waals surface area contributed by atoms with Crippen molar-refractivity contribution in [2.24, 2.45) is 0 Å². The molecular weight excluding hydrogens is 352 g/mol. The Morgan fingerprint density at radius 3 is 2.30 bits per heavy atom. The number of nitrogens with zero attached hydrogens (tertiary/aromatic N) is 2. The topological polar surface area (TPSA) is 96.6 Å². The zero-order valence-corrected chi connectivity index (χ0v) is 15.7. The average Bonchev–Trinajstić information content (AvgIpc) is 2.57. The lowest BCUT2D eigenvalue weighted by molar-refractivity contribution is -0.145. The minimum atomic E-state index is -1.09. The van der Waals surface area contributed by atoms with Crippen molar-refractivity contribution in [1.29, 1.82) is 0 Å². The lowest BCUT2D eigenvalue weighted by Gasteiger charge is -2.20. The molecular formula is C19H22N2O6. The normalized spacial score (nSPS) is 11.1. The molecule has 0 aliphatic rings. The molecule has 1 heterocycles. The van der Waals surface area contributed by atoms with Crippen LogP contribution in [0.2, 0.25) is 0 Å². The smallest absolute Gasteiger partial charge is 0.425 e. The van der Waals surface area contributed by atoms with Crippen molar-refractivity contribution in [2.45, 2.75) is 46.4 Å². The first kappa shape index (κ1) is 20.2. The second-order valence-corrected chi connectivity index (χ2v) is 6.99. The number of aromatic nitrogens is 2. The van der Waals surface area contributed by atoms with Crippen LogP contribution in [0.4, 0.5) is 4.79 Å². The van der Waals surface area contributed by atoms with Gasteiger partial charge in [0.15, 0.2) is 0 Å². The molecule has 0 N–H and O–H groups in total. The SMILES string of the molecule is Cc1cn(CC(=O)OCc2ccccc2)c(=O)n(C(=O)OC(C)(C)C)c1=O. The van der Waals surface area contributed by atoms with E-state index in [0.29, 0.717) is 4.57 Å². The fourth-order valence-electron chi connectivity index (χ4n) is 2.24. The van der Waals surface area contributed by atoms with Gasteiger partial charge in [-0.2, -0.15) is 4.57 Å². The van der Waals surface area contributed by atoms with Crippen LogP contribution >= 0.6 is 0 Å². The minimum absolute atomic E-state index is 0.0547. The van der Waals surface area contributed by atoms with Gasteiger partial charge >= 0.3 is 17.8 Å². The summed E-state index contributed by atoms with van der Waals surface area (Å²) >= 11 is 0. The Hall–Kier alpha value is -3.16. The molecule has 8 nitrogen and oxygen atoms in total. The number of carbonyl (C=O) groups is 2. The highest BCUT2D eigenvalue weighted by atomic mass is 16.6. The highest BCUT2D eigenvalue weighted by Gasteiger charge is 2.23. The van der Waals surface area contributed by atoms with Crippen LogP contribution in [-0.4, -0.2) is 26.8 Å². The van der Waals surface area contributed by atoms with Crippen molar-refractivity contribution < 1.29 is 19.1 Å². The maximum Gasteiger partial charge on any atom is 0.425 e. The summed E-state index contributed by atoms with van der Waals surface area (Å²) in [5, 5.41) is 0. The maximum absolute atomic E-state index is 12.5. The molecule has 8 heteroatoms. The molecule has 0 fully saturated rings. The van der Waals surface area contributed by atoms with E-state index in [-0.39, 0.29) is 12.2 Å². The number of esters is 1. The Balaban J connectivity index is 2.22. The Kier molecular flexibility index (Phi) is 5.99. The summed E-state index contributed by atoms with van der Waals surface area (Å²) in [5.41, 5.74) is -1.71. The first-order valence-electron chi connectivity index (χ1n) is 8.34. The Bertz CT molecular complexity index is 951. The third-order valence-corrected chi connectivity index (χ3v) is 3.45. The molecule has 0 saturated heterocycles. The molecule has 144 valence electrons. The summed E-state index contributed by atoms with van der Waals surface area (Å²) in [6, 6.07) is 9.06. The van der Waals surface area contributed by atoms with Gasteiger partial charge in [-0.15, -0.1) is 0 Å². The lowest BCUT2D eigenvalue weighted by Crippen LogP contribution is -2.47. The number of hydrogen-bond acceptors (Lipinski definition) is 6. The van der Waals surface area contributed by atoms with Gasteiger partial charge in [0, 0.05) is 11.8 Å². The van der Waals surface area contributed by atoms with Crippen molar-refractivity contribution in [2.75, 3.05) is 0 Å². The van der Waals surface area contributed by atoms with E-state index < -0.39 is 35.5 Å². The number of rotatable bonds is 4. The van der Waals surface area contributed by atoms with Crippen LogP contribution in [0, 0.1) is 6.92 Å². The van der Waals surface area contributed by atoms with Crippen molar-refractivity contribution in [1.82, 2.24) is 9.13 Å². The second-order valence-electron chi connectivity index (χ2n) is 6.99. The third-order valence-electron chi connectivity index (χ3n) is 3.45. The van der Waals surface area contributed by atoms with Gasteiger partial charge in [-0.25, -0.2) is 9.59 Å². The minimum Gasteiger partial charge on any atom is -0.459 e. The molecule has 0 radical (unpaired) electrons. The van der Waals surface area contributed by atoms with Crippen LogP contribution in [0.1, 0.15) is 31.9 Å². The predicted molar refractivity (Wildman–Crippen MR) is 97.6 cm³/mol. The number of aryl methyl sites for hydroxylation is 1. The summed E-state index contributed by atoms with van der Waals surface area (Å²) in [5.74, 6) is -0.672. The summed E-state index contributed by atoms with van der Waals surface area (Å²) in [6.07, 6.45) is 0.127. The molecule has 0 bridgehead atoms. The number of carbonyl (C=O) groups excluding carboxylic acids is 2. The first-order chi connectivity index (χ1) is 12.6. The molecule has 0 aliphatic carbocycles. The third kappa shape index (κ3) is 5.40. The molecule has 0 amide bonds. The Morgan fingerprint density at radius 1 is 1.07 bits per heavy atom. The molecule has 1 aromatic heterocycles. The van der Waals surface area contributed by atoms with Crippen molar-refractivity contribution in [3.05, 3.63) is 68.5 Å². The lowest BCUT2D eigenvalue weighted by atomic mass is 10.2. The number of ether oxygens (including phenoxy) is 2. The van der Waals surface area contributed by atoms with Gasteiger partial charge < -0.3 is 9.47 Å². The van der Waals surface area contributed by atoms with Gasteiger partial charge in [0.05, 0.1) is 0 Å². The van der Waals surface area contributed by atoms with E-state index in [1.165, 1.54) is 13.1 Å². The quantitative estimate of drug-likeness (QED) is 0.758. The van der Waals surface area contributed by atoms with Crippen LogP contribution in [0.5, 0.6) is 0 Å². The zero-order valence-electron chi connectivity index (χ0n) is 15.7. The highest BCUT2D eigenvalue weighted by molar-refractivity contribution is 5.71. The largest absolute Gasteiger partial charge is 0.459 e. The Morgan fingerprint density at radius 2 is 1.70 bits per heavy atom. The van der Waals surface area contributed by atoms with Crippen LogP contribution < -0.4 is 11.2 Å². The molecule has 0 unspecified atom stereocenters.